The number of hydrogen-bond donors (Lipinski definition) is 1. The van der Waals surface area contributed by atoms with Crippen LogP contribution in [0.1, 0.15) is 63.6 Å². The van der Waals surface area contributed by atoms with Crippen molar-refractivity contribution in [3.8, 4) is 0 Å². The van der Waals surface area contributed by atoms with Gasteiger partial charge in [-0.15, -0.1) is 0 Å². The molecule has 0 bridgehead atoms. The lowest BCUT2D eigenvalue weighted by Crippen LogP contribution is -2.24. The minimum Gasteiger partial charge on any atom is -0.310 e. The first-order chi connectivity index (χ1) is 9.10. The van der Waals surface area contributed by atoms with Crippen LogP contribution in [0.5, 0.6) is 0 Å². The van der Waals surface area contributed by atoms with Crippen LogP contribution in [0.4, 0.5) is 4.39 Å². The Morgan fingerprint density at radius 1 is 1.11 bits per heavy atom. The minimum absolute atomic E-state index is 0.122. The van der Waals surface area contributed by atoms with Gasteiger partial charge < -0.3 is 5.32 Å². The lowest BCUT2D eigenvalue weighted by atomic mass is 9.90. The summed E-state index contributed by atoms with van der Waals surface area (Å²) in [5.74, 6) is 0.584. The highest BCUT2D eigenvalue weighted by atomic mass is 19.1. The number of rotatable bonds is 8. The molecule has 1 aromatic rings. The predicted molar refractivity (Wildman–Crippen MR) is 80.9 cm³/mol. The second kappa shape index (κ2) is 8.31. The summed E-state index contributed by atoms with van der Waals surface area (Å²) in [6.07, 6.45) is 4.58. The Bertz CT molecular complexity index is 351. The number of benzene rings is 1. The summed E-state index contributed by atoms with van der Waals surface area (Å²) < 4.78 is 13.6. The molecule has 0 aliphatic carbocycles. The van der Waals surface area contributed by atoms with Gasteiger partial charge in [0.05, 0.1) is 0 Å². The molecule has 0 spiro atoms. The number of hydrogen-bond acceptors (Lipinski definition) is 1. The molecular weight excluding hydrogens is 237 g/mol. The molecule has 0 amide bonds. The highest BCUT2D eigenvalue weighted by Gasteiger charge is 2.16. The molecule has 2 heteroatoms. The first kappa shape index (κ1) is 16.2. The standard InChI is InChI=1S/C17H28FN/c1-5-8-19-17(11-14(6-2)7-3)15-9-13(4)10-16(18)12-15/h9-10,12,14,17,19H,5-8,11H2,1-4H3. The van der Waals surface area contributed by atoms with Gasteiger partial charge in [-0.1, -0.05) is 39.7 Å². The van der Waals surface area contributed by atoms with Crippen molar-refractivity contribution in [2.75, 3.05) is 6.54 Å². The zero-order valence-electron chi connectivity index (χ0n) is 12.8. The number of nitrogens with one attached hydrogen (secondary N) is 1. The van der Waals surface area contributed by atoms with E-state index >= 15 is 0 Å². The molecule has 1 rings (SSSR count). The molecule has 0 heterocycles. The molecule has 0 aliphatic heterocycles. The lowest BCUT2D eigenvalue weighted by Gasteiger charge is -2.24. The number of halogens is 1. The summed E-state index contributed by atoms with van der Waals surface area (Å²) in [6.45, 7) is 9.59. The molecule has 0 saturated heterocycles. The first-order valence-corrected chi connectivity index (χ1v) is 7.61. The number of aryl methyl sites for hydroxylation is 1. The van der Waals surface area contributed by atoms with E-state index in [2.05, 4.69) is 32.2 Å². The Labute approximate surface area is 117 Å². The monoisotopic (exact) mass is 265 g/mol. The van der Waals surface area contributed by atoms with Crippen molar-refractivity contribution in [1.29, 1.82) is 0 Å². The van der Waals surface area contributed by atoms with Crippen molar-refractivity contribution >= 4 is 0 Å². The third-order valence-electron chi connectivity index (χ3n) is 3.83. The van der Waals surface area contributed by atoms with E-state index in [1.807, 2.05) is 6.92 Å². The normalized spacial score (nSPS) is 12.9. The highest BCUT2D eigenvalue weighted by molar-refractivity contribution is 5.26. The summed E-state index contributed by atoms with van der Waals surface area (Å²) >= 11 is 0. The molecule has 0 saturated carbocycles. The second-order valence-corrected chi connectivity index (χ2v) is 5.49. The quantitative estimate of drug-likeness (QED) is 0.697. The van der Waals surface area contributed by atoms with Crippen LogP contribution < -0.4 is 5.32 Å². The fourth-order valence-electron chi connectivity index (χ4n) is 2.58. The Balaban J connectivity index is 2.87. The van der Waals surface area contributed by atoms with Crippen molar-refractivity contribution in [3.63, 3.8) is 0 Å². The van der Waals surface area contributed by atoms with Crippen LogP contribution in [0.3, 0.4) is 0 Å². The van der Waals surface area contributed by atoms with Crippen molar-refractivity contribution < 1.29 is 4.39 Å². The Hall–Kier alpha value is -0.890. The molecule has 1 N–H and O–H groups in total. The summed E-state index contributed by atoms with van der Waals surface area (Å²) in [6, 6.07) is 5.66. The summed E-state index contributed by atoms with van der Waals surface area (Å²) in [7, 11) is 0. The maximum Gasteiger partial charge on any atom is 0.123 e. The third kappa shape index (κ3) is 5.32. The largest absolute Gasteiger partial charge is 0.310 e. The van der Waals surface area contributed by atoms with E-state index < -0.39 is 0 Å². The molecule has 1 unspecified atom stereocenters. The molecule has 0 fully saturated rings. The second-order valence-electron chi connectivity index (χ2n) is 5.49. The van der Waals surface area contributed by atoms with E-state index in [-0.39, 0.29) is 11.9 Å². The lowest BCUT2D eigenvalue weighted by molar-refractivity contribution is 0.370. The van der Waals surface area contributed by atoms with Gasteiger partial charge in [0.2, 0.25) is 0 Å². The van der Waals surface area contributed by atoms with Gasteiger partial charge in [-0.25, -0.2) is 4.39 Å². The molecule has 1 aromatic carbocycles. The van der Waals surface area contributed by atoms with Gasteiger partial charge in [-0.3, -0.25) is 0 Å². The van der Waals surface area contributed by atoms with E-state index in [4.69, 9.17) is 0 Å². The van der Waals surface area contributed by atoms with Crippen LogP contribution in [0.25, 0.3) is 0 Å². The van der Waals surface area contributed by atoms with Crippen LogP contribution in [0.15, 0.2) is 18.2 Å². The minimum atomic E-state index is -0.122. The van der Waals surface area contributed by atoms with Gasteiger partial charge in [0.1, 0.15) is 5.82 Å². The molecule has 19 heavy (non-hydrogen) atoms. The summed E-state index contributed by atoms with van der Waals surface area (Å²) in [4.78, 5) is 0. The molecule has 1 atom stereocenters. The van der Waals surface area contributed by atoms with Gasteiger partial charge in [0, 0.05) is 6.04 Å². The van der Waals surface area contributed by atoms with Crippen molar-refractivity contribution in [2.45, 2.75) is 59.4 Å². The molecule has 0 radical (unpaired) electrons. The zero-order valence-corrected chi connectivity index (χ0v) is 12.8. The Kier molecular flexibility index (Phi) is 7.07. The zero-order chi connectivity index (χ0) is 14.3. The van der Waals surface area contributed by atoms with Crippen LogP contribution in [0, 0.1) is 18.7 Å². The van der Waals surface area contributed by atoms with Gasteiger partial charge >= 0.3 is 0 Å². The van der Waals surface area contributed by atoms with Gasteiger partial charge in [0.15, 0.2) is 0 Å². The van der Waals surface area contributed by atoms with Crippen molar-refractivity contribution in [2.24, 2.45) is 5.92 Å². The van der Waals surface area contributed by atoms with E-state index in [0.717, 1.165) is 30.5 Å². The predicted octanol–water partition coefficient (Wildman–Crippen LogP) is 5.00. The van der Waals surface area contributed by atoms with Crippen LogP contribution >= 0.6 is 0 Å². The van der Waals surface area contributed by atoms with E-state index in [0.29, 0.717) is 5.92 Å². The van der Waals surface area contributed by atoms with E-state index in [1.165, 1.54) is 12.8 Å². The van der Waals surface area contributed by atoms with Crippen LogP contribution in [0.2, 0.25) is 0 Å². The molecule has 1 nitrogen and oxygen atoms in total. The smallest absolute Gasteiger partial charge is 0.123 e. The van der Waals surface area contributed by atoms with Crippen LogP contribution in [-0.4, -0.2) is 6.54 Å². The van der Waals surface area contributed by atoms with E-state index in [1.54, 1.807) is 12.1 Å². The van der Waals surface area contributed by atoms with Gasteiger partial charge in [-0.2, -0.15) is 0 Å². The maximum absolute atomic E-state index is 13.6. The highest BCUT2D eigenvalue weighted by Crippen LogP contribution is 2.26. The Morgan fingerprint density at radius 2 is 1.79 bits per heavy atom. The Morgan fingerprint density at radius 3 is 2.32 bits per heavy atom. The summed E-state index contributed by atoms with van der Waals surface area (Å²) in [5.41, 5.74) is 2.10. The van der Waals surface area contributed by atoms with Crippen molar-refractivity contribution in [1.82, 2.24) is 5.32 Å². The molecule has 108 valence electrons. The first-order valence-electron chi connectivity index (χ1n) is 7.61. The fourth-order valence-corrected chi connectivity index (χ4v) is 2.58. The van der Waals surface area contributed by atoms with Crippen LogP contribution in [-0.2, 0) is 0 Å². The fraction of sp³-hybridized carbons (Fsp3) is 0.647. The molecule has 0 aromatic heterocycles. The SMILES string of the molecule is CCCNC(CC(CC)CC)c1cc(C)cc(F)c1. The maximum atomic E-state index is 13.6. The molecule has 0 aliphatic rings. The average molecular weight is 265 g/mol. The van der Waals surface area contributed by atoms with Gasteiger partial charge in [0.25, 0.3) is 0 Å². The molecular formula is C17H28FN. The third-order valence-corrected chi connectivity index (χ3v) is 3.83. The van der Waals surface area contributed by atoms with E-state index in [9.17, 15) is 4.39 Å². The van der Waals surface area contributed by atoms with Gasteiger partial charge in [-0.05, 0) is 55.5 Å². The topological polar surface area (TPSA) is 12.0 Å². The van der Waals surface area contributed by atoms with Crippen molar-refractivity contribution in [3.05, 3.63) is 35.1 Å². The summed E-state index contributed by atoms with van der Waals surface area (Å²) in [5, 5.41) is 3.57. The average Bonchev–Trinajstić information content (AvgIpc) is 2.38.